The molecular weight excluding hydrogens is 82.4 g/mol. The van der Waals surface area contributed by atoms with E-state index < -0.39 is 0 Å². The van der Waals surface area contributed by atoms with Crippen molar-refractivity contribution in [3.05, 3.63) is 0 Å². The molecule has 0 N–H and O–H groups in total. The van der Waals surface area contributed by atoms with E-state index in [0.717, 1.165) is 0 Å². The van der Waals surface area contributed by atoms with Gasteiger partial charge in [-0.2, -0.15) is 0 Å². The molecule has 0 radical (unpaired) electrons. The third-order valence-electron chi connectivity index (χ3n) is 0. The molecule has 28 valence electrons. The summed E-state index contributed by atoms with van der Waals surface area (Å²) in [6.07, 6.45) is 0. The van der Waals surface area contributed by atoms with E-state index in [9.17, 15) is 0 Å². The Morgan fingerprint density at radius 2 is 1.60 bits per heavy atom. The summed E-state index contributed by atoms with van der Waals surface area (Å²) in [5, 5.41) is 8.93. The summed E-state index contributed by atoms with van der Waals surface area (Å²) in [7, 11) is 0. The van der Waals surface area contributed by atoms with Crippen molar-refractivity contribution in [3.8, 4) is 0 Å². The third kappa shape index (κ3) is 54.7. The maximum Gasteiger partial charge on any atom is 1.00 e. The van der Waals surface area contributed by atoms with Crippen LogP contribution in [-0.4, -0.2) is 6.61 Å². The maximum atomic E-state index is 8.93. The quantitative estimate of drug-likeness (QED) is 0.286. The Balaban J connectivity index is -0.0000000200. The van der Waals surface area contributed by atoms with Crippen molar-refractivity contribution in [1.29, 1.82) is 0 Å². The standard InChI is InChI=1S/C2H5O.ClH.Li/c1-2-3;;/h2H2,1H3;1H;/q-1;;+1. The molecule has 0 aromatic rings. The van der Waals surface area contributed by atoms with Gasteiger partial charge in [-0.1, -0.05) is 6.92 Å². The summed E-state index contributed by atoms with van der Waals surface area (Å²) in [6.45, 7) is 1.57. The van der Waals surface area contributed by atoms with Crippen LogP contribution in [-0.2, 0) is 0 Å². The van der Waals surface area contributed by atoms with Crippen molar-refractivity contribution >= 4 is 12.4 Å². The SMILES string of the molecule is CC[O-].Cl.[Li+]. The average Bonchev–Trinajstić information content (AvgIpc) is 0.918. The zero-order chi connectivity index (χ0) is 2.71. The normalized spacial score (nSPS) is 3.60. The van der Waals surface area contributed by atoms with Crippen LogP contribution in [0.1, 0.15) is 6.92 Å². The van der Waals surface area contributed by atoms with Gasteiger partial charge in [0.1, 0.15) is 0 Å². The van der Waals surface area contributed by atoms with Crippen LogP contribution in [0.15, 0.2) is 0 Å². The number of halogens is 1. The summed E-state index contributed by atoms with van der Waals surface area (Å²) in [5.74, 6) is 0. The van der Waals surface area contributed by atoms with Crippen LogP contribution in [0.2, 0.25) is 0 Å². The van der Waals surface area contributed by atoms with Crippen LogP contribution in [0, 0.1) is 0 Å². The maximum absolute atomic E-state index is 8.93. The predicted molar refractivity (Wildman–Crippen MR) is 17.8 cm³/mol. The monoisotopic (exact) mass is 88.0 g/mol. The van der Waals surface area contributed by atoms with Gasteiger partial charge in [-0.15, -0.1) is 19.0 Å². The zero-order valence-corrected chi connectivity index (χ0v) is 4.34. The van der Waals surface area contributed by atoms with Crippen LogP contribution < -0.4 is 24.0 Å². The van der Waals surface area contributed by atoms with Gasteiger partial charge in [0.2, 0.25) is 0 Å². The molecule has 0 spiro atoms. The van der Waals surface area contributed by atoms with Crippen LogP contribution in [0.5, 0.6) is 0 Å². The molecule has 0 rings (SSSR count). The van der Waals surface area contributed by atoms with Crippen LogP contribution in [0.3, 0.4) is 0 Å². The topological polar surface area (TPSA) is 23.1 Å². The molecule has 0 atom stereocenters. The second-order valence-electron chi connectivity index (χ2n) is 0.289. The third-order valence-corrected chi connectivity index (χ3v) is 0. The van der Waals surface area contributed by atoms with Gasteiger partial charge >= 0.3 is 18.9 Å². The molecular formula is C2H6ClLiO. The second kappa shape index (κ2) is 21.0. The molecule has 0 unspecified atom stereocenters. The fourth-order valence-corrected chi connectivity index (χ4v) is 0. The zero-order valence-electron chi connectivity index (χ0n) is 3.52. The summed E-state index contributed by atoms with van der Waals surface area (Å²) in [4.78, 5) is 0. The van der Waals surface area contributed by atoms with E-state index in [0.29, 0.717) is 0 Å². The molecule has 0 bridgehead atoms. The predicted octanol–water partition coefficient (Wildman–Crippen LogP) is -3.21. The van der Waals surface area contributed by atoms with Gasteiger partial charge in [-0.3, -0.25) is 0 Å². The minimum atomic E-state index is 0. The van der Waals surface area contributed by atoms with Crippen molar-refractivity contribution in [3.63, 3.8) is 0 Å². The first-order chi connectivity index (χ1) is 1.41. The Morgan fingerprint density at radius 1 is 1.60 bits per heavy atom. The van der Waals surface area contributed by atoms with E-state index in [4.69, 9.17) is 5.11 Å². The van der Waals surface area contributed by atoms with E-state index >= 15 is 0 Å². The summed E-state index contributed by atoms with van der Waals surface area (Å²) in [5.41, 5.74) is 0. The van der Waals surface area contributed by atoms with E-state index in [-0.39, 0.29) is 37.9 Å². The number of rotatable bonds is 0. The second-order valence-corrected chi connectivity index (χ2v) is 0.289. The summed E-state index contributed by atoms with van der Waals surface area (Å²) >= 11 is 0. The van der Waals surface area contributed by atoms with Crippen LogP contribution >= 0.6 is 12.4 Å². The Bertz CT molecular complexity index is 9.61. The van der Waals surface area contributed by atoms with Gasteiger partial charge in [0.15, 0.2) is 0 Å². The van der Waals surface area contributed by atoms with Crippen molar-refractivity contribution in [1.82, 2.24) is 0 Å². The Labute approximate surface area is 50.3 Å². The van der Waals surface area contributed by atoms with Gasteiger partial charge in [0, 0.05) is 0 Å². The molecule has 5 heavy (non-hydrogen) atoms. The largest absolute Gasteiger partial charge is 1.00 e. The molecule has 0 aliphatic heterocycles. The van der Waals surface area contributed by atoms with Crippen molar-refractivity contribution in [2.75, 3.05) is 6.61 Å². The molecule has 0 aromatic heterocycles. The molecule has 0 aliphatic rings. The first-order valence-electron chi connectivity index (χ1n) is 0.996. The number of hydrogen-bond donors (Lipinski definition) is 0. The van der Waals surface area contributed by atoms with Crippen molar-refractivity contribution in [2.45, 2.75) is 6.92 Å². The Kier molecular flexibility index (Phi) is 71.3. The van der Waals surface area contributed by atoms with E-state index in [1.165, 1.54) is 0 Å². The van der Waals surface area contributed by atoms with Gasteiger partial charge < -0.3 is 5.11 Å². The molecule has 0 amide bonds. The first kappa shape index (κ1) is 16.9. The molecule has 0 saturated heterocycles. The van der Waals surface area contributed by atoms with Crippen LogP contribution in [0.4, 0.5) is 0 Å². The molecule has 3 heteroatoms. The van der Waals surface area contributed by atoms with Crippen molar-refractivity contribution < 1.29 is 24.0 Å². The molecule has 0 fully saturated rings. The summed E-state index contributed by atoms with van der Waals surface area (Å²) in [6, 6.07) is 0. The van der Waals surface area contributed by atoms with Crippen LogP contribution in [0.25, 0.3) is 0 Å². The minimum Gasteiger partial charge on any atom is -0.855 e. The van der Waals surface area contributed by atoms with Gasteiger partial charge in [0.05, 0.1) is 0 Å². The van der Waals surface area contributed by atoms with Crippen molar-refractivity contribution in [2.24, 2.45) is 0 Å². The first-order valence-corrected chi connectivity index (χ1v) is 0.996. The summed E-state index contributed by atoms with van der Waals surface area (Å²) < 4.78 is 0. The van der Waals surface area contributed by atoms with Gasteiger partial charge in [0.25, 0.3) is 0 Å². The average molecular weight is 88.5 g/mol. The Morgan fingerprint density at radius 3 is 1.60 bits per heavy atom. The smallest absolute Gasteiger partial charge is 0.855 e. The fourth-order valence-electron chi connectivity index (χ4n) is 0. The number of hydrogen-bond acceptors (Lipinski definition) is 1. The molecule has 0 heterocycles. The van der Waals surface area contributed by atoms with E-state index in [2.05, 4.69) is 0 Å². The molecule has 0 aromatic carbocycles. The molecule has 0 aliphatic carbocycles. The fraction of sp³-hybridized carbons (Fsp3) is 1.00. The van der Waals surface area contributed by atoms with Gasteiger partial charge in [-0.05, 0) is 0 Å². The molecule has 0 saturated carbocycles. The molecule has 1 nitrogen and oxygen atoms in total. The van der Waals surface area contributed by atoms with E-state index in [1.807, 2.05) is 0 Å². The van der Waals surface area contributed by atoms with Gasteiger partial charge in [-0.25, -0.2) is 0 Å². The minimum absolute atomic E-state index is 0. The Hall–Kier alpha value is 0.847. The van der Waals surface area contributed by atoms with E-state index in [1.54, 1.807) is 6.92 Å².